The minimum absolute atomic E-state index is 0.216. The number of carbonyl (C=O) groups excluding carboxylic acids is 2. The Kier molecular flexibility index (Phi) is 5.03. The first kappa shape index (κ1) is 17.3. The van der Waals surface area contributed by atoms with Gasteiger partial charge in [-0.2, -0.15) is 0 Å². The second-order valence-electron chi connectivity index (χ2n) is 5.62. The Morgan fingerprint density at radius 3 is 2.50 bits per heavy atom. The van der Waals surface area contributed by atoms with Crippen LogP contribution in [0.3, 0.4) is 0 Å². The molecule has 0 fully saturated rings. The standard InChI is InChI=1S/C20H18N2O4/c1-13-10-11-26-18(13)20(24)22-17-9-4-3-8-16(17)19(23)21-14-6-5-7-15(12-14)25-2/h3-12H,1-2H3,(H,21,23)(H,22,24). The molecular formula is C20H18N2O4. The highest BCUT2D eigenvalue weighted by Crippen LogP contribution is 2.21. The molecule has 1 heterocycles. The van der Waals surface area contributed by atoms with E-state index in [1.807, 2.05) is 0 Å². The van der Waals surface area contributed by atoms with Crippen LogP contribution >= 0.6 is 0 Å². The molecule has 3 rings (SSSR count). The van der Waals surface area contributed by atoms with Crippen molar-refractivity contribution in [1.29, 1.82) is 0 Å². The molecule has 0 saturated carbocycles. The summed E-state index contributed by atoms with van der Waals surface area (Å²) in [5, 5.41) is 5.52. The van der Waals surface area contributed by atoms with Crippen LogP contribution in [0.25, 0.3) is 0 Å². The third-order valence-corrected chi connectivity index (χ3v) is 3.82. The monoisotopic (exact) mass is 350 g/mol. The van der Waals surface area contributed by atoms with Gasteiger partial charge in [-0.05, 0) is 37.3 Å². The summed E-state index contributed by atoms with van der Waals surface area (Å²) in [7, 11) is 1.56. The number of rotatable bonds is 5. The average Bonchev–Trinajstić information content (AvgIpc) is 3.08. The number of amides is 2. The van der Waals surface area contributed by atoms with Gasteiger partial charge in [-0.15, -0.1) is 0 Å². The Bertz CT molecular complexity index is 946. The first-order valence-corrected chi connectivity index (χ1v) is 7.98. The molecule has 0 aliphatic rings. The third kappa shape index (κ3) is 3.75. The number of hydrogen-bond acceptors (Lipinski definition) is 4. The lowest BCUT2D eigenvalue weighted by atomic mass is 10.1. The quantitative estimate of drug-likeness (QED) is 0.726. The molecule has 0 spiro atoms. The molecule has 3 aromatic rings. The summed E-state index contributed by atoms with van der Waals surface area (Å²) in [6.07, 6.45) is 1.45. The van der Waals surface area contributed by atoms with Crippen molar-refractivity contribution >= 4 is 23.2 Å². The molecule has 132 valence electrons. The van der Waals surface area contributed by atoms with Gasteiger partial charge in [0.05, 0.1) is 24.6 Å². The smallest absolute Gasteiger partial charge is 0.291 e. The molecule has 6 heteroatoms. The molecule has 0 saturated heterocycles. The molecule has 6 nitrogen and oxygen atoms in total. The van der Waals surface area contributed by atoms with Crippen LogP contribution in [0, 0.1) is 6.92 Å². The van der Waals surface area contributed by atoms with Crippen molar-refractivity contribution in [3.05, 3.63) is 77.7 Å². The number of carbonyl (C=O) groups is 2. The molecule has 1 aromatic heterocycles. The maximum atomic E-state index is 12.6. The van der Waals surface area contributed by atoms with E-state index in [0.717, 1.165) is 5.56 Å². The van der Waals surface area contributed by atoms with Gasteiger partial charge < -0.3 is 19.8 Å². The van der Waals surface area contributed by atoms with Gasteiger partial charge in [-0.3, -0.25) is 9.59 Å². The molecule has 0 aliphatic heterocycles. The normalized spacial score (nSPS) is 10.2. The summed E-state index contributed by atoms with van der Waals surface area (Å²) in [4.78, 5) is 25.0. The number of anilines is 2. The SMILES string of the molecule is COc1cccc(NC(=O)c2ccccc2NC(=O)c2occc2C)c1. The van der Waals surface area contributed by atoms with Gasteiger partial charge in [-0.1, -0.05) is 18.2 Å². The van der Waals surface area contributed by atoms with E-state index in [4.69, 9.17) is 9.15 Å². The summed E-state index contributed by atoms with van der Waals surface area (Å²) >= 11 is 0. The number of benzene rings is 2. The van der Waals surface area contributed by atoms with Gasteiger partial charge in [0.15, 0.2) is 5.76 Å². The highest BCUT2D eigenvalue weighted by Gasteiger charge is 2.17. The molecule has 0 radical (unpaired) electrons. The second-order valence-corrected chi connectivity index (χ2v) is 5.62. The molecule has 2 aromatic carbocycles. The summed E-state index contributed by atoms with van der Waals surface area (Å²) in [6.45, 7) is 1.78. The van der Waals surface area contributed by atoms with Crippen LogP contribution < -0.4 is 15.4 Å². The van der Waals surface area contributed by atoms with E-state index in [9.17, 15) is 9.59 Å². The van der Waals surface area contributed by atoms with Crippen molar-refractivity contribution in [2.45, 2.75) is 6.92 Å². The van der Waals surface area contributed by atoms with Crippen LogP contribution in [0.15, 0.2) is 65.3 Å². The van der Waals surface area contributed by atoms with Crippen molar-refractivity contribution in [3.63, 3.8) is 0 Å². The Morgan fingerprint density at radius 1 is 0.962 bits per heavy atom. The van der Waals surface area contributed by atoms with Crippen molar-refractivity contribution < 1.29 is 18.7 Å². The van der Waals surface area contributed by atoms with E-state index in [1.54, 1.807) is 68.6 Å². The predicted molar refractivity (Wildman–Crippen MR) is 98.8 cm³/mol. The number of ether oxygens (including phenoxy) is 1. The molecule has 2 amide bonds. The zero-order valence-corrected chi connectivity index (χ0v) is 14.4. The summed E-state index contributed by atoms with van der Waals surface area (Å²) in [5.74, 6) is 0.102. The van der Waals surface area contributed by atoms with Crippen LogP contribution in [0.4, 0.5) is 11.4 Å². The number of furan rings is 1. The van der Waals surface area contributed by atoms with Crippen LogP contribution in [-0.4, -0.2) is 18.9 Å². The maximum Gasteiger partial charge on any atom is 0.291 e. The van der Waals surface area contributed by atoms with Crippen molar-refractivity contribution in [1.82, 2.24) is 0 Å². The maximum absolute atomic E-state index is 12.6. The number of aryl methyl sites for hydroxylation is 1. The first-order valence-electron chi connectivity index (χ1n) is 7.98. The van der Waals surface area contributed by atoms with Gasteiger partial charge >= 0.3 is 0 Å². The predicted octanol–water partition coefficient (Wildman–Crippen LogP) is 4.10. The highest BCUT2D eigenvalue weighted by atomic mass is 16.5. The fraction of sp³-hybridized carbons (Fsp3) is 0.100. The van der Waals surface area contributed by atoms with E-state index in [0.29, 0.717) is 22.7 Å². The van der Waals surface area contributed by atoms with E-state index >= 15 is 0 Å². The third-order valence-electron chi connectivity index (χ3n) is 3.82. The summed E-state index contributed by atoms with van der Waals surface area (Å²) in [6, 6.07) is 15.5. The molecule has 0 aliphatic carbocycles. The number of para-hydroxylation sites is 1. The fourth-order valence-corrected chi connectivity index (χ4v) is 2.47. The van der Waals surface area contributed by atoms with Gasteiger partial charge in [0, 0.05) is 17.3 Å². The van der Waals surface area contributed by atoms with Gasteiger partial charge in [-0.25, -0.2) is 0 Å². The largest absolute Gasteiger partial charge is 0.497 e. The molecule has 26 heavy (non-hydrogen) atoms. The molecular weight excluding hydrogens is 332 g/mol. The van der Waals surface area contributed by atoms with E-state index in [-0.39, 0.29) is 11.7 Å². The lowest BCUT2D eigenvalue weighted by Gasteiger charge is -2.11. The van der Waals surface area contributed by atoms with Crippen molar-refractivity contribution in [2.24, 2.45) is 0 Å². The number of nitrogens with one attached hydrogen (secondary N) is 2. The van der Waals surface area contributed by atoms with Crippen LogP contribution in [0.1, 0.15) is 26.5 Å². The second kappa shape index (κ2) is 7.57. The Balaban J connectivity index is 1.81. The van der Waals surface area contributed by atoms with Crippen LogP contribution in [0.2, 0.25) is 0 Å². The van der Waals surface area contributed by atoms with Gasteiger partial charge in [0.1, 0.15) is 5.75 Å². The summed E-state index contributed by atoms with van der Waals surface area (Å²) < 4.78 is 10.3. The fourth-order valence-electron chi connectivity index (χ4n) is 2.47. The number of hydrogen-bond donors (Lipinski definition) is 2. The minimum Gasteiger partial charge on any atom is -0.497 e. The zero-order chi connectivity index (χ0) is 18.5. The van der Waals surface area contributed by atoms with Crippen molar-refractivity contribution in [2.75, 3.05) is 17.7 Å². The Hall–Kier alpha value is -3.54. The van der Waals surface area contributed by atoms with E-state index in [2.05, 4.69) is 10.6 Å². The van der Waals surface area contributed by atoms with Gasteiger partial charge in [0.2, 0.25) is 0 Å². The van der Waals surface area contributed by atoms with E-state index < -0.39 is 5.91 Å². The first-order chi connectivity index (χ1) is 12.6. The Labute approximate surface area is 150 Å². The molecule has 0 unspecified atom stereocenters. The summed E-state index contributed by atoms with van der Waals surface area (Å²) in [5.41, 5.74) is 2.06. The topological polar surface area (TPSA) is 80.6 Å². The minimum atomic E-state index is -0.408. The van der Waals surface area contributed by atoms with Crippen LogP contribution in [-0.2, 0) is 0 Å². The lowest BCUT2D eigenvalue weighted by Crippen LogP contribution is -2.18. The molecule has 0 atom stereocenters. The molecule has 2 N–H and O–H groups in total. The van der Waals surface area contributed by atoms with E-state index in [1.165, 1.54) is 6.26 Å². The highest BCUT2D eigenvalue weighted by molar-refractivity contribution is 6.12. The average molecular weight is 350 g/mol. The zero-order valence-electron chi connectivity index (χ0n) is 14.4. The number of methoxy groups -OCH3 is 1. The van der Waals surface area contributed by atoms with Crippen molar-refractivity contribution in [3.8, 4) is 5.75 Å². The molecule has 0 bridgehead atoms. The Morgan fingerprint density at radius 2 is 1.77 bits per heavy atom. The lowest BCUT2D eigenvalue weighted by molar-refractivity contribution is 0.0996. The van der Waals surface area contributed by atoms with Gasteiger partial charge in [0.25, 0.3) is 11.8 Å². The van der Waals surface area contributed by atoms with Crippen LogP contribution in [0.5, 0.6) is 5.75 Å².